The fraction of sp³-hybridized carbons (Fsp3) is 0. The van der Waals surface area contributed by atoms with E-state index in [2.05, 4.69) is 0 Å². The van der Waals surface area contributed by atoms with Gasteiger partial charge in [-0.1, -0.05) is 0 Å². The van der Waals surface area contributed by atoms with Gasteiger partial charge >= 0.3 is 116 Å². The molecule has 0 fully saturated rings. The van der Waals surface area contributed by atoms with Crippen molar-refractivity contribution in [2.75, 3.05) is 0 Å². The van der Waals surface area contributed by atoms with Crippen LogP contribution in [0, 0.1) is 0 Å². The molecule has 0 unspecified atom stereocenters. The predicted molar refractivity (Wildman–Crippen MR) is 42.9 cm³/mol. The van der Waals surface area contributed by atoms with Crippen molar-refractivity contribution in [3.63, 3.8) is 0 Å². The van der Waals surface area contributed by atoms with Crippen molar-refractivity contribution in [2.45, 2.75) is 0 Å². The molecule has 0 heterocycles. The van der Waals surface area contributed by atoms with E-state index in [4.69, 9.17) is 0 Å². The maximum atomic E-state index is 11.6. The van der Waals surface area contributed by atoms with Crippen LogP contribution in [0.25, 0.3) is 0 Å². The first-order valence-electron chi connectivity index (χ1n) is 3.52. The van der Waals surface area contributed by atoms with Crippen LogP contribution in [0.1, 0.15) is 0 Å². The summed E-state index contributed by atoms with van der Waals surface area (Å²) in [6, 6.07) is 0. The van der Waals surface area contributed by atoms with Gasteiger partial charge in [0.1, 0.15) is 0 Å². The Morgan fingerprint density at radius 3 is 0.591 bits per heavy atom. The van der Waals surface area contributed by atoms with E-state index in [9.17, 15) is 43.4 Å². The normalized spacial score (nSPS) is 24.1. The number of rotatable bonds is 6. The Kier molecular flexibility index (Phi) is 3.90. The Bertz CT molecular complexity index is 393. The molecule has 0 aromatic carbocycles. The van der Waals surface area contributed by atoms with E-state index in [1.54, 1.807) is 0 Å². The van der Waals surface area contributed by atoms with E-state index >= 15 is 0 Å². The second kappa shape index (κ2) is 3.69. The molecular formula is BF15O3Te3. The van der Waals surface area contributed by atoms with E-state index < -0.39 is 63.4 Å². The molecule has 0 aromatic rings. The van der Waals surface area contributed by atoms with E-state index in [1.807, 2.05) is 0 Å². The van der Waals surface area contributed by atoms with Gasteiger partial charge in [0.05, 0.1) is 0 Å². The van der Waals surface area contributed by atoms with Gasteiger partial charge in [-0.25, -0.2) is 0 Å². The SMILES string of the molecule is F[Te](F)(F)(F)(F)OB(O[Te](F)(F)(F)(F)F)O[Te](F)(F)(F)(F)F. The van der Waals surface area contributed by atoms with E-state index in [0.29, 0.717) is 0 Å². The summed E-state index contributed by atoms with van der Waals surface area (Å²) in [6.07, 6.45) is 0. The van der Waals surface area contributed by atoms with Crippen molar-refractivity contribution in [3.8, 4) is 0 Å². The Balaban J connectivity index is 5.90. The van der Waals surface area contributed by atoms with Gasteiger partial charge in [0.25, 0.3) is 0 Å². The molecule has 0 aromatic heterocycles. The molecule has 0 atom stereocenters. The summed E-state index contributed by atoms with van der Waals surface area (Å²) < 4.78 is 177. The molecule has 0 saturated heterocycles. The number of hydrogen-bond acceptors (Lipinski definition) is 3. The zero-order chi connectivity index (χ0) is 18.9. The summed E-state index contributed by atoms with van der Waals surface area (Å²) in [4.78, 5) is 0. The van der Waals surface area contributed by atoms with E-state index in [1.165, 1.54) is 0 Å². The van der Waals surface area contributed by atoms with Gasteiger partial charge in [-0.2, -0.15) is 0 Å². The molecule has 0 aliphatic carbocycles. The fourth-order valence-electron chi connectivity index (χ4n) is 0.494. The molecule has 0 aliphatic rings. The van der Waals surface area contributed by atoms with Crippen molar-refractivity contribution in [2.24, 2.45) is 0 Å². The Morgan fingerprint density at radius 2 is 0.500 bits per heavy atom. The molecule has 0 bridgehead atoms. The molecular weight excluding hydrogens is 727 g/mol. The van der Waals surface area contributed by atoms with Crippen molar-refractivity contribution in [3.05, 3.63) is 0 Å². The van der Waals surface area contributed by atoms with Crippen LogP contribution in [0.5, 0.6) is 0 Å². The first-order valence-corrected chi connectivity index (χ1v) is 19.6. The molecule has 0 N–H and O–H groups in total. The number of halogens is 15. The van der Waals surface area contributed by atoms with Gasteiger partial charge in [0.2, 0.25) is 0 Å². The molecule has 144 valence electrons. The zero-order valence-corrected chi connectivity index (χ0v) is 15.7. The topological polar surface area (TPSA) is 27.7 Å². The molecule has 0 spiro atoms. The molecule has 3 nitrogen and oxygen atoms in total. The second-order valence-corrected chi connectivity index (χ2v) is 20.3. The van der Waals surface area contributed by atoms with Crippen LogP contribution in [0.15, 0.2) is 0 Å². The van der Waals surface area contributed by atoms with Crippen LogP contribution in [0.2, 0.25) is 0 Å². The minimum absolute atomic E-state index is 0.932. The Labute approximate surface area is 115 Å². The van der Waals surface area contributed by atoms with Gasteiger partial charge in [0.15, 0.2) is 0 Å². The van der Waals surface area contributed by atoms with Gasteiger partial charge in [0, 0.05) is 0 Å². The van der Waals surface area contributed by atoms with Crippen molar-refractivity contribution < 1.29 is 52.4 Å². The van der Waals surface area contributed by atoms with E-state index in [-0.39, 0.29) is 0 Å². The second-order valence-electron chi connectivity index (χ2n) is 3.27. The van der Waals surface area contributed by atoms with Gasteiger partial charge in [-0.05, 0) is 0 Å². The van der Waals surface area contributed by atoms with Crippen molar-refractivity contribution in [1.29, 1.82) is 0 Å². The average molecular weight is 727 g/mol. The summed E-state index contributed by atoms with van der Waals surface area (Å²) in [5, 5.41) is 0. The first-order chi connectivity index (χ1) is 8.21. The number of hydrogen-bond donors (Lipinski definition) is 0. The third-order valence-electron chi connectivity index (χ3n) is 0.781. The van der Waals surface area contributed by atoms with Crippen LogP contribution >= 0.6 is 0 Å². The molecule has 0 rings (SSSR count). The van der Waals surface area contributed by atoms with Crippen LogP contribution in [0.3, 0.4) is 0 Å². The van der Waals surface area contributed by atoms with Crippen molar-refractivity contribution in [1.82, 2.24) is 0 Å². The molecule has 0 saturated carbocycles. The van der Waals surface area contributed by atoms with Crippen LogP contribution in [-0.4, -0.2) is 63.4 Å². The summed E-state index contributed by atoms with van der Waals surface area (Å²) in [6.45, 7) is 0. The monoisotopic (exact) mass is 734 g/mol. The van der Waals surface area contributed by atoms with Crippen molar-refractivity contribution >= 4 is 63.4 Å². The summed E-state index contributed by atoms with van der Waals surface area (Å²) >= 11 is -38.1. The molecule has 0 amide bonds. The average Bonchev–Trinajstić information content (AvgIpc) is 1.54. The van der Waals surface area contributed by atoms with Crippen LogP contribution < -0.4 is 0 Å². The third-order valence-corrected chi connectivity index (χ3v) is 5.24. The third kappa shape index (κ3) is 17.6. The first kappa shape index (κ1) is 23.3. The zero-order valence-electron chi connectivity index (χ0n) is 8.70. The minimum atomic E-state index is -12.7. The predicted octanol–water partition coefficient (Wildman–Crippen LogP) is 4.57. The van der Waals surface area contributed by atoms with Crippen LogP contribution in [0.4, 0.5) is 43.4 Å². The molecule has 22 heteroatoms. The van der Waals surface area contributed by atoms with Crippen LogP contribution in [-0.2, 0) is 9.06 Å². The van der Waals surface area contributed by atoms with Gasteiger partial charge < -0.3 is 0 Å². The Hall–Kier alpha value is 1.26. The summed E-state index contributed by atoms with van der Waals surface area (Å²) in [7, 11) is -6.21. The molecule has 0 aliphatic heterocycles. The maximum absolute atomic E-state index is 12.7. The molecule has 0 radical (unpaired) electrons. The van der Waals surface area contributed by atoms with Gasteiger partial charge in [-0.3, -0.25) is 0 Å². The van der Waals surface area contributed by atoms with Gasteiger partial charge in [-0.15, -0.1) is 0 Å². The fourth-order valence-corrected chi connectivity index (χ4v) is 5.15. The Morgan fingerprint density at radius 1 is 0.364 bits per heavy atom. The molecule has 22 heavy (non-hydrogen) atoms. The quantitative estimate of drug-likeness (QED) is 0.297. The van der Waals surface area contributed by atoms with E-state index in [0.717, 1.165) is 9.06 Å². The standard InChI is InChI=1S/BF15O3Te3/c2-20(3,4,5,6)17-1(18-21(7,8,9,10)11)19-22(12,13,14,15)16. The summed E-state index contributed by atoms with van der Waals surface area (Å²) in [5.41, 5.74) is 0. The summed E-state index contributed by atoms with van der Waals surface area (Å²) in [5.74, 6) is 0.